The van der Waals surface area contributed by atoms with E-state index in [9.17, 15) is 9.59 Å². The van der Waals surface area contributed by atoms with Crippen LogP contribution < -0.4 is 5.32 Å². The molecule has 1 saturated heterocycles. The Morgan fingerprint density at radius 3 is 2.24 bits per heavy atom. The molecule has 1 aromatic carbocycles. The second kappa shape index (κ2) is 8.03. The molecule has 0 spiro atoms. The van der Waals surface area contributed by atoms with Crippen LogP contribution in [-0.2, 0) is 9.59 Å². The first-order valence-corrected chi connectivity index (χ1v) is 9.71. The van der Waals surface area contributed by atoms with E-state index in [4.69, 9.17) is 0 Å². The molecule has 0 radical (unpaired) electrons. The Kier molecular flexibility index (Phi) is 5.77. The lowest BCUT2D eigenvalue weighted by atomic mass is 9.80. The number of anilines is 1. The van der Waals surface area contributed by atoms with E-state index < -0.39 is 0 Å². The number of nitrogens with zero attached hydrogens (tertiary/aromatic N) is 1. The van der Waals surface area contributed by atoms with E-state index in [1.165, 1.54) is 12.0 Å². The predicted molar refractivity (Wildman–Crippen MR) is 100 cm³/mol. The molecular formula is C21H30N2O2. The number of rotatable bonds is 3. The van der Waals surface area contributed by atoms with Gasteiger partial charge >= 0.3 is 0 Å². The Labute approximate surface area is 151 Å². The van der Waals surface area contributed by atoms with E-state index in [-0.39, 0.29) is 17.7 Å². The summed E-state index contributed by atoms with van der Waals surface area (Å²) in [7, 11) is 0. The van der Waals surface area contributed by atoms with Crippen LogP contribution in [0.5, 0.6) is 0 Å². The Balaban J connectivity index is 1.51. The largest absolute Gasteiger partial charge is 0.342 e. The van der Waals surface area contributed by atoms with Crippen molar-refractivity contribution < 1.29 is 9.59 Å². The summed E-state index contributed by atoms with van der Waals surface area (Å²) in [5.74, 6) is 0.595. The summed E-state index contributed by atoms with van der Waals surface area (Å²) >= 11 is 0. The lowest BCUT2D eigenvalue weighted by Gasteiger charge is -2.33. The van der Waals surface area contributed by atoms with E-state index in [1.807, 2.05) is 24.0 Å². The van der Waals surface area contributed by atoms with Gasteiger partial charge in [-0.3, -0.25) is 9.59 Å². The lowest BCUT2D eigenvalue weighted by Crippen LogP contribution is -2.41. The molecule has 1 saturated carbocycles. The van der Waals surface area contributed by atoms with Gasteiger partial charge in [-0.1, -0.05) is 17.7 Å². The van der Waals surface area contributed by atoms with E-state index in [0.717, 1.165) is 62.9 Å². The molecule has 1 aliphatic carbocycles. The zero-order chi connectivity index (χ0) is 17.8. The molecule has 4 heteroatoms. The number of piperidine rings is 1. The van der Waals surface area contributed by atoms with Gasteiger partial charge in [-0.2, -0.15) is 0 Å². The summed E-state index contributed by atoms with van der Waals surface area (Å²) in [6, 6.07) is 6.09. The lowest BCUT2D eigenvalue weighted by molar-refractivity contribution is -0.138. The molecule has 1 heterocycles. The van der Waals surface area contributed by atoms with Crippen LogP contribution in [0.25, 0.3) is 0 Å². The minimum absolute atomic E-state index is 0.0334. The van der Waals surface area contributed by atoms with Crippen molar-refractivity contribution in [1.82, 2.24) is 4.90 Å². The van der Waals surface area contributed by atoms with Gasteiger partial charge in [-0.15, -0.1) is 0 Å². The van der Waals surface area contributed by atoms with Gasteiger partial charge in [0.05, 0.1) is 0 Å². The number of nitrogens with one attached hydrogen (secondary N) is 1. The Hall–Kier alpha value is -1.84. The van der Waals surface area contributed by atoms with Gasteiger partial charge in [0.15, 0.2) is 0 Å². The van der Waals surface area contributed by atoms with Crippen molar-refractivity contribution in [3.05, 3.63) is 29.3 Å². The zero-order valence-corrected chi connectivity index (χ0v) is 15.5. The maximum Gasteiger partial charge on any atom is 0.227 e. The number of benzene rings is 1. The zero-order valence-electron chi connectivity index (χ0n) is 15.5. The van der Waals surface area contributed by atoms with Crippen molar-refractivity contribution >= 4 is 17.5 Å². The molecule has 136 valence electrons. The average molecular weight is 342 g/mol. The van der Waals surface area contributed by atoms with Crippen LogP contribution in [0.3, 0.4) is 0 Å². The minimum Gasteiger partial charge on any atom is -0.342 e. The number of carbonyl (C=O) groups excluding carboxylic acids is 2. The standard InChI is InChI=1S/C21H30N2O2/c1-15-6-11-19(16(2)14-15)22-20(24)17-7-9-18(10-8-17)21(25)23-12-4-3-5-13-23/h6,11,14,17-18H,3-5,7-10,12-13H2,1-2H3,(H,22,24). The average Bonchev–Trinajstić information content (AvgIpc) is 2.64. The van der Waals surface area contributed by atoms with Crippen LogP contribution in [0.1, 0.15) is 56.1 Å². The number of aryl methyl sites for hydroxylation is 2. The molecular weight excluding hydrogens is 312 g/mol. The number of hydrogen-bond acceptors (Lipinski definition) is 2. The highest BCUT2D eigenvalue weighted by atomic mass is 16.2. The number of amides is 2. The van der Waals surface area contributed by atoms with Crippen LogP contribution in [0.4, 0.5) is 5.69 Å². The van der Waals surface area contributed by atoms with Crippen LogP contribution in [0.15, 0.2) is 18.2 Å². The summed E-state index contributed by atoms with van der Waals surface area (Å²) in [6.45, 7) is 5.92. The van der Waals surface area contributed by atoms with Crippen LogP contribution in [-0.4, -0.2) is 29.8 Å². The molecule has 2 fully saturated rings. The highest BCUT2D eigenvalue weighted by Crippen LogP contribution is 2.32. The van der Waals surface area contributed by atoms with E-state index in [0.29, 0.717) is 5.91 Å². The minimum atomic E-state index is 0.0334. The van der Waals surface area contributed by atoms with Gasteiger partial charge in [0.2, 0.25) is 11.8 Å². The summed E-state index contributed by atoms with van der Waals surface area (Å²) in [6.07, 6.45) is 6.86. The molecule has 0 aromatic heterocycles. The molecule has 2 amide bonds. The first kappa shape index (κ1) is 18.0. The highest BCUT2D eigenvalue weighted by molar-refractivity contribution is 5.93. The summed E-state index contributed by atoms with van der Waals surface area (Å²) in [5, 5.41) is 3.08. The second-order valence-corrected chi connectivity index (χ2v) is 7.74. The predicted octanol–water partition coefficient (Wildman–Crippen LogP) is 4.06. The van der Waals surface area contributed by atoms with Gasteiger partial charge in [0.1, 0.15) is 0 Å². The quantitative estimate of drug-likeness (QED) is 0.900. The molecule has 1 N–H and O–H groups in total. The molecule has 25 heavy (non-hydrogen) atoms. The van der Waals surface area contributed by atoms with Crippen molar-refractivity contribution in [3.8, 4) is 0 Å². The topological polar surface area (TPSA) is 49.4 Å². The fraction of sp³-hybridized carbons (Fsp3) is 0.619. The van der Waals surface area contributed by atoms with Gasteiger partial charge in [-0.25, -0.2) is 0 Å². The molecule has 0 bridgehead atoms. The van der Waals surface area contributed by atoms with Crippen LogP contribution in [0, 0.1) is 25.7 Å². The van der Waals surface area contributed by atoms with Gasteiger partial charge in [0.25, 0.3) is 0 Å². The smallest absolute Gasteiger partial charge is 0.227 e. The molecule has 2 aliphatic rings. The van der Waals surface area contributed by atoms with E-state index in [1.54, 1.807) is 0 Å². The Morgan fingerprint density at radius 1 is 0.960 bits per heavy atom. The van der Waals surface area contributed by atoms with E-state index in [2.05, 4.69) is 18.3 Å². The number of carbonyl (C=O) groups is 2. The summed E-state index contributed by atoms with van der Waals surface area (Å²) in [4.78, 5) is 27.2. The van der Waals surface area contributed by atoms with Gasteiger partial charge < -0.3 is 10.2 Å². The molecule has 1 aliphatic heterocycles. The third kappa shape index (κ3) is 4.42. The number of likely N-dealkylation sites (tertiary alicyclic amines) is 1. The van der Waals surface area contributed by atoms with Crippen LogP contribution in [0.2, 0.25) is 0 Å². The SMILES string of the molecule is Cc1ccc(NC(=O)C2CCC(C(=O)N3CCCCC3)CC2)c(C)c1. The first-order chi connectivity index (χ1) is 12.0. The van der Waals surface area contributed by atoms with Crippen molar-refractivity contribution in [3.63, 3.8) is 0 Å². The highest BCUT2D eigenvalue weighted by Gasteiger charge is 2.32. The van der Waals surface area contributed by atoms with E-state index >= 15 is 0 Å². The Morgan fingerprint density at radius 2 is 1.60 bits per heavy atom. The first-order valence-electron chi connectivity index (χ1n) is 9.71. The monoisotopic (exact) mass is 342 g/mol. The normalized spacial score (nSPS) is 24.0. The van der Waals surface area contributed by atoms with Crippen molar-refractivity contribution in [2.45, 2.75) is 58.8 Å². The number of hydrogen-bond donors (Lipinski definition) is 1. The van der Waals surface area contributed by atoms with Crippen molar-refractivity contribution in [2.24, 2.45) is 11.8 Å². The maximum absolute atomic E-state index is 12.6. The third-order valence-electron chi connectivity index (χ3n) is 5.75. The Bertz CT molecular complexity index is 627. The molecule has 0 unspecified atom stereocenters. The van der Waals surface area contributed by atoms with Crippen molar-refractivity contribution in [1.29, 1.82) is 0 Å². The maximum atomic E-state index is 12.6. The third-order valence-corrected chi connectivity index (χ3v) is 5.75. The molecule has 3 rings (SSSR count). The molecule has 0 atom stereocenters. The summed E-state index contributed by atoms with van der Waals surface area (Å²) < 4.78 is 0. The van der Waals surface area contributed by atoms with Gasteiger partial charge in [-0.05, 0) is 70.4 Å². The second-order valence-electron chi connectivity index (χ2n) is 7.74. The fourth-order valence-corrected chi connectivity index (χ4v) is 4.16. The molecule has 4 nitrogen and oxygen atoms in total. The van der Waals surface area contributed by atoms with Gasteiger partial charge in [0, 0.05) is 30.6 Å². The summed E-state index contributed by atoms with van der Waals surface area (Å²) in [5.41, 5.74) is 3.21. The molecule has 1 aromatic rings. The van der Waals surface area contributed by atoms with Crippen molar-refractivity contribution in [2.75, 3.05) is 18.4 Å². The van der Waals surface area contributed by atoms with Crippen LogP contribution >= 0.6 is 0 Å². The fourth-order valence-electron chi connectivity index (χ4n) is 4.16.